The monoisotopic (exact) mass is 262 g/mol. The number of benzene rings is 2. The molecule has 2 aromatic rings. The van der Waals surface area contributed by atoms with E-state index >= 15 is 0 Å². The molecule has 1 N–H and O–H groups in total. The number of aliphatic hydroxyl groups excluding tert-OH is 1. The van der Waals surface area contributed by atoms with Crippen molar-refractivity contribution < 1.29 is 9.84 Å². The van der Waals surface area contributed by atoms with Gasteiger partial charge in [0.2, 0.25) is 0 Å². The molecule has 1 atom stereocenters. The van der Waals surface area contributed by atoms with E-state index in [1.54, 1.807) is 0 Å². The zero-order valence-electron chi connectivity index (χ0n) is 10.1. The molecule has 0 amide bonds. The first-order valence-corrected chi connectivity index (χ1v) is 6.16. The van der Waals surface area contributed by atoms with Crippen LogP contribution < -0.4 is 4.74 Å². The van der Waals surface area contributed by atoms with Crippen LogP contribution in [0.5, 0.6) is 5.75 Å². The van der Waals surface area contributed by atoms with Crippen LogP contribution in [-0.4, -0.2) is 11.7 Å². The first-order chi connectivity index (χ1) is 8.66. The van der Waals surface area contributed by atoms with Crippen molar-refractivity contribution in [3.8, 4) is 5.75 Å². The molecule has 0 aliphatic carbocycles. The molecule has 2 nitrogen and oxygen atoms in total. The van der Waals surface area contributed by atoms with Gasteiger partial charge in [0.05, 0.1) is 5.02 Å². The summed E-state index contributed by atoms with van der Waals surface area (Å²) >= 11 is 6.05. The average molecular weight is 263 g/mol. The molecule has 3 heteroatoms. The Labute approximate surface area is 112 Å². The third-order valence-corrected chi connectivity index (χ3v) is 2.96. The first kappa shape index (κ1) is 12.9. The van der Waals surface area contributed by atoms with Gasteiger partial charge in [0, 0.05) is 0 Å². The van der Waals surface area contributed by atoms with Crippen LogP contribution in [0.1, 0.15) is 17.2 Å². The molecule has 0 radical (unpaired) electrons. The van der Waals surface area contributed by atoms with Crippen molar-refractivity contribution in [3.05, 3.63) is 64.7 Å². The van der Waals surface area contributed by atoms with Crippen LogP contribution in [0.25, 0.3) is 0 Å². The molecule has 2 aromatic carbocycles. The van der Waals surface area contributed by atoms with Crippen molar-refractivity contribution in [2.45, 2.75) is 13.0 Å². The van der Waals surface area contributed by atoms with E-state index in [1.165, 1.54) is 0 Å². The second-order valence-electron chi connectivity index (χ2n) is 4.17. The van der Waals surface area contributed by atoms with Gasteiger partial charge in [0.15, 0.2) is 0 Å². The molecule has 0 saturated carbocycles. The number of ether oxygens (including phenoxy) is 1. The summed E-state index contributed by atoms with van der Waals surface area (Å²) < 4.78 is 5.53. The van der Waals surface area contributed by atoms with Gasteiger partial charge in [-0.05, 0) is 30.2 Å². The highest BCUT2D eigenvalue weighted by Crippen LogP contribution is 2.26. The lowest BCUT2D eigenvalue weighted by Gasteiger charge is -2.13. The normalized spacial score (nSPS) is 12.2. The molecule has 0 aromatic heterocycles. The average Bonchev–Trinajstić information content (AvgIpc) is 2.38. The van der Waals surface area contributed by atoms with Crippen LogP contribution in [-0.2, 0) is 0 Å². The highest BCUT2D eigenvalue weighted by Gasteiger charge is 2.09. The van der Waals surface area contributed by atoms with E-state index in [9.17, 15) is 5.11 Å². The third-order valence-electron chi connectivity index (χ3n) is 2.67. The van der Waals surface area contributed by atoms with Gasteiger partial charge in [-0.25, -0.2) is 0 Å². The first-order valence-electron chi connectivity index (χ1n) is 5.79. The molecule has 0 saturated heterocycles. The maximum atomic E-state index is 9.96. The Hall–Kier alpha value is -1.51. The maximum absolute atomic E-state index is 9.96. The van der Waals surface area contributed by atoms with Crippen molar-refractivity contribution in [2.75, 3.05) is 6.61 Å². The number of rotatable bonds is 4. The van der Waals surface area contributed by atoms with Crippen LogP contribution in [0.3, 0.4) is 0 Å². The Morgan fingerprint density at radius 2 is 1.89 bits per heavy atom. The molecular weight excluding hydrogens is 248 g/mol. The fourth-order valence-electron chi connectivity index (χ4n) is 1.66. The summed E-state index contributed by atoms with van der Waals surface area (Å²) in [7, 11) is 0. The fourth-order valence-corrected chi connectivity index (χ4v) is 1.95. The van der Waals surface area contributed by atoms with E-state index in [0.29, 0.717) is 10.8 Å². The highest BCUT2D eigenvalue weighted by molar-refractivity contribution is 6.32. The van der Waals surface area contributed by atoms with Crippen molar-refractivity contribution in [3.63, 3.8) is 0 Å². The largest absolute Gasteiger partial charge is 0.489 e. The van der Waals surface area contributed by atoms with E-state index in [0.717, 1.165) is 11.1 Å². The van der Waals surface area contributed by atoms with Crippen molar-refractivity contribution >= 4 is 11.6 Å². The molecule has 0 aliphatic rings. The van der Waals surface area contributed by atoms with E-state index in [1.807, 2.05) is 55.5 Å². The number of aliphatic hydroxyl groups is 1. The minimum atomic E-state index is -0.649. The zero-order chi connectivity index (χ0) is 13.0. The van der Waals surface area contributed by atoms with Crippen LogP contribution in [0, 0.1) is 6.92 Å². The minimum Gasteiger partial charge on any atom is -0.489 e. The van der Waals surface area contributed by atoms with Gasteiger partial charge in [-0.15, -0.1) is 0 Å². The SMILES string of the molecule is Cc1ccc(OCC(O)c2ccccc2)c(Cl)c1. The predicted octanol–water partition coefficient (Wildman–Crippen LogP) is 3.76. The van der Waals surface area contributed by atoms with Gasteiger partial charge in [0.1, 0.15) is 18.5 Å². The summed E-state index contributed by atoms with van der Waals surface area (Å²) in [4.78, 5) is 0. The lowest BCUT2D eigenvalue weighted by atomic mass is 10.1. The summed E-state index contributed by atoms with van der Waals surface area (Å²) in [5.74, 6) is 0.595. The smallest absolute Gasteiger partial charge is 0.138 e. The summed E-state index contributed by atoms with van der Waals surface area (Å²) in [6, 6.07) is 15.0. The molecule has 0 fully saturated rings. The van der Waals surface area contributed by atoms with Gasteiger partial charge in [-0.3, -0.25) is 0 Å². The van der Waals surface area contributed by atoms with Crippen molar-refractivity contribution in [1.29, 1.82) is 0 Å². The van der Waals surface area contributed by atoms with Gasteiger partial charge in [-0.1, -0.05) is 48.0 Å². The van der Waals surface area contributed by atoms with Crippen LogP contribution in [0.4, 0.5) is 0 Å². The summed E-state index contributed by atoms with van der Waals surface area (Å²) in [6.45, 7) is 2.15. The predicted molar refractivity (Wildman–Crippen MR) is 73.1 cm³/mol. The second kappa shape index (κ2) is 5.89. The standard InChI is InChI=1S/C15H15ClO2/c1-11-7-8-15(13(16)9-11)18-10-14(17)12-5-3-2-4-6-12/h2-9,14,17H,10H2,1H3. The number of hydrogen-bond donors (Lipinski definition) is 1. The molecule has 2 rings (SSSR count). The topological polar surface area (TPSA) is 29.5 Å². The molecule has 0 heterocycles. The molecule has 18 heavy (non-hydrogen) atoms. The molecule has 94 valence electrons. The van der Waals surface area contributed by atoms with Gasteiger partial charge in [-0.2, -0.15) is 0 Å². The summed E-state index contributed by atoms with van der Waals surface area (Å²) in [6.07, 6.45) is -0.649. The fraction of sp³-hybridized carbons (Fsp3) is 0.200. The Bertz CT molecular complexity index is 511. The van der Waals surface area contributed by atoms with Gasteiger partial charge >= 0.3 is 0 Å². The third kappa shape index (κ3) is 3.25. The van der Waals surface area contributed by atoms with Crippen LogP contribution in [0.15, 0.2) is 48.5 Å². The van der Waals surface area contributed by atoms with E-state index in [4.69, 9.17) is 16.3 Å². The molecular formula is C15H15ClO2. The van der Waals surface area contributed by atoms with E-state index < -0.39 is 6.10 Å². The molecule has 0 aliphatic heterocycles. The highest BCUT2D eigenvalue weighted by atomic mass is 35.5. The van der Waals surface area contributed by atoms with Crippen LogP contribution in [0.2, 0.25) is 5.02 Å². The lowest BCUT2D eigenvalue weighted by molar-refractivity contribution is 0.108. The van der Waals surface area contributed by atoms with Crippen molar-refractivity contribution in [1.82, 2.24) is 0 Å². The van der Waals surface area contributed by atoms with Crippen LogP contribution >= 0.6 is 11.6 Å². The van der Waals surface area contributed by atoms with Gasteiger partial charge in [0.25, 0.3) is 0 Å². The summed E-state index contributed by atoms with van der Waals surface area (Å²) in [5, 5.41) is 10.5. The van der Waals surface area contributed by atoms with E-state index in [2.05, 4.69) is 0 Å². The molecule has 1 unspecified atom stereocenters. The number of hydrogen-bond acceptors (Lipinski definition) is 2. The molecule has 0 spiro atoms. The number of aryl methyl sites for hydroxylation is 1. The Morgan fingerprint density at radius 3 is 2.56 bits per heavy atom. The van der Waals surface area contributed by atoms with E-state index in [-0.39, 0.29) is 6.61 Å². The lowest BCUT2D eigenvalue weighted by Crippen LogP contribution is -2.09. The quantitative estimate of drug-likeness (QED) is 0.909. The maximum Gasteiger partial charge on any atom is 0.138 e. The second-order valence-corrected chi connectivity index (χ2v) is 4.58. The Kier molecular flexibility index (Phi) is 4.24. The van der Waals surface area contributed by atoms with Crippen molar-refractivity contribution in [2.24, 2.45) is 0 Å². The molecule has 0 bridgehead atoms. The Morgan fingerprint density at radius 1 is 1.17 bits per heavy atom. The van der Waals surface area contributed by atoms with Gasteiger partial charge < -0.3 is 9.84 Å². The zero-order valence-corrected chi connectivity index (χ0v) is 10.9. The summed E-state index contributed by atoms with van der Waals surface area (Å²) in [5.41, 5.74) is 1.91. The minimum absolute atomic E-state index is 0.187. The number of halogens is 1. The Balaban J connectivity index is 1.99.